The first-order valence-corrected chi connectivity index (χ1v) is 8.50. The molecule has 3 rings (SSSR count). The highest BCUT2D eigenvalue weighted by Crippen LogP contribution is 2.45. The number of anilines is 1. The van der Waals surface area contributed by atoms with Crippen LogP contribution in [-0.2, 0) is 11.8 Å². The van der Waals surface area contributed by atoms with Crippen LogP contribution in [0, 0.1) is 5.41 Å². The Hall–Kier alpha value is -2.09. The number of hydrogen-bond donors (Lipinski definition) is 2. The van der Waals surface area contributed by atoms with Crippen molar-refractivity contribution in [2.45, 2.75) is 19.8 Å². The Morgan fingerprint density at radius 3 is 2.79 bits per heavy atom. The van der Waals surface area contributed by atoms with E-state index in [-0.39, 0.29) is 17.9 Å². The number of piperazine rings is 1. The third-order valence-corrected chi connectivity index (χ3v) is 4.71. The van der Waals surface area contributed by atoms with Gasteiger partial charge in [-0.15, -0.1) is 0 Å². The molecule has 0 unspecified atom stereocenters. The number of aromatic nitrogens is 2. The fraction of sp³-hybridized carbons (Fsp3) is 0.688. The summed E-state index contributed by atoms with van der Waals surface area (Å²) in [5, 5.41) is 16.8. The topological polar surface area (TPSA) is 86.0 Å². The molecule has 1 aliphatic carbocycles. The molecule has 0 atom stereocenters. The van der Waals surface area contributed by atoms with Crippen molar-refractivity contribution in [3.63, 3.8) is 0 Å². The van der Waals surface area contributed by atoms with Crippen LogP contribution in [0.15, 0.2) is 17.4 Å². The Morgan fingerprint density at radius 1 is 1.46 bits per heavy atom. The lowest BCUT2D eigenvalue weighted by Crippen LogP contribution is -2.55. The van der Waals surface area contributed by atoms with Crippen molar-refractivity contribution in [2.24, 2.45) is 17.5 Å². The van der Waals surface area contributed by atoms with Crippen LogP contribution in [0.2, 0.25) is 0 Å². The van der Waals surface area contributed by atoms with Gasteiger partial charge < -0.3 is 20.2 Å². The molecule has 8 nitrogen and oxygen atoms in total. The van der Waals surface area contributed by atoms with E-state index in [1.165, 1.54) is 0 Å². The standard InChI is InChI=1S/C16H26N6O2/c1-3-17-15(18-11-16(12-23)4-5-16)21-6-7-22(14(24)10-21)13-8-19-20(2)9-13/h8-9,23H,3-7,10-12H2,1-2H3,(H,17,18). The second-order valence-corrected chi connectivity index (χ2v) is 6.67. The van der Waals surface area contributed by atoms with E-state index >= 15 is 0 Å². The molecule has 8 heteroatoms. The second-order valence-electron chi connectivity index (χ2n) is 6.67. The fourth-order valence-corrected chi connectivity index (χ4v) is 2.89. The summed E-state index contributed by atoms with van der Waals surface area (Å²) >= 11 is 0. The second kappa shape index (κ2) is 6.80. The normalized spacial score (nSPS) is 20.5. The summed E-state index contributed by atoms with van der Waals surface area (Å²) in [4.78, 5) is 20.9. The lowest BCUT2D eigenvalue weighted by Gasteiger charge is -2.35. The molecule has 1 amide bonds. The molecule has 1 aliphatic heterocycles. The fourth-order valence-electron chi connectivity index (χ4n) is 2.89. The number of hydrogen-bond acceptors (Lipinski definition) is 4. The number of aryl methyl sites for hydroxylation is 1. The highest BCUT2D eigenvalue weighted by atomic mass is 16.3. The third-order valence-electron chi connectivity index (χ3n) is 4.71. The van der Waals surface area contributed by atoms with Crippen LogP contribution >= 0.6 is 0 Å². The van der Waals surface area contributed by atoms with Crippen molar-refractivity contribution in [1.82, 2.24) is 20.0 Å². The highest BCUT2D eigenvalue weighted by molar-refractivity contribution is 5.98. The highest BCUT2D eigenvalue weighted by Gasteiger charge is 2.42. The number of guanidine groups is 1. The molecule has 1 aromatic heterocycles. The Kier molecular flexibility index (Phi) is 4.75. The lowest BCUT2D eigenvalue weighted by atomic mass is 10.1. The molecule has 2 heterocycles. The number of aliphatic imine (C=N–C) groups is 1. The molecule has 1 saturated heterocycles. The zero-order chi connectivity index (χ0) is 17.2. The number of amides is 1. The first kappa shape index (κ1) is 16.8. The number of rotatable bonds is 5. The molecular weight excluding hydrogens is 308 g/mol. The summed E-state index contributed by atoms with van der Waals surface area (Å²) in [6, 6.07) is 0. The van der Waals surface area contributed by atoms with E-state index < -0.39 is 0 Å². The Labute approximate surface area is 142 Å². The van der Waals surface area contributed by atoms with Gasteiger partial charge in [-0.1, -0.05) is 0 Å². The van der Waals surface area contributed by atoms with Crippen molar-refractivity contribution in [2.75, 3.05) is 44.2 Å². The minimum atomic E-state index is -0.0256. The molecule has 2 aliphatic rings. The molecule has 2 N–H and O–H groups in total. The van der Waals surface area contributed by atoms with Crippen molar-refractivity contribution in [1.29, 1.82) is 0 Å². The minimum Gasteiger partial charge on any atom is -0.396 e. The van der Waals surface area contributed by atoms with Crippen molar-refractivity contribution >= 4 is 17.6 Å². The molecule has 0 radical (unpaired) electrons. The zero-order valence-corrected chi connectivity index (χ0v) is 14.4. The average molecular weight is 334 g/mol. The van der Waals surface area contributed by atoms with Crippen LogP contribution in [-0.4, -0.2) is 71.0 Å². The molecule has 0 spiro atoms. The number of nitrogens with one attached hydrogen (secondary N) is 1. The van der Waals surface area contributed by atoms with Crippen LogP contribution in [0.25, 0.3) is 0 Å². The summed E-state index contributed by atoms with van der Waals surface area (Å²) in [7, 11) is 1.84. The maximum atomic E-state index is 12.5. The number of aliphatic hydroxyl groups excluding tert-OH is 1. The van der Waals surface area contributed by atoms with E-state index in [4.69, 9.17) is 0 Å². The summed E-state index contributed by atoms with van der Waals surface area (Å²) in [6.07, 6.45) is 5.62. The first-order valence-electron chi connectivity index (χ1n) is 8.50. The van der Waals surface area contributed by atoms with Gasteiger partial charge in [0.1, 0.15) is 6.54 Å². The van der Waals surface area contributed by atoms with Gasteiger partial charge in [-0.25, -0.2) is 0 Å². The molecule has 2 fully saturated rings. The van der Waals surface area contributed by atoms with Gasteiger partial charge in [-0.3, -0.25) is 14.5 Å². The monoisotopic (exact) mass is 334 g/mol. The van der Waals surface area contributed by atoms with E-state index in [1.807, 2.05) is 25.1 Å². The van der Waals surface area contributed by atoms with Gasteiger partial charge in [0, 0.05) is 38.3 Å². The number of nitrogens with zero attached hydrogens (tertiary/aromatic N) is 5. The third kappa shape index (κ3) is 3.53. The molecule has 0 aromatic carbocycles. The molecule has 1 aromatic rings. The molecule has 132 valence electrons. The largest absolute Gasteiger partial charge is 0.396 e. The molecule has 24 heavy (non-hydrogen) atoms. The Morgan fingerprint density at radius 2 is 2.25 bits per heavy atom. The SMILES string of the molecule is CCNC(=NCC1(CO)CC1)N1CCN(c2cnn(C)c2)C(=O)C1. The maximum Gasteiger partial charge on any atom is 0.246 e. The van der Waals surface area contributed by atoms with E-state index in [9.17, 15) is 9.90 Å². The van der Waals surface area contributed by atoms with Crippen LogP contribution in [0.4, 0.5) is 5.69 Å². The van der Waals surface area contributed by atoms with Crippen LogP contribution in [0.5, 0.6) is 0 Å². The van der Waals surface area contributed by atoms with Gasteiger partial charge in [0.05, 0.1) is 25.0 Å². The smallest absolute Gasteiger partial charge is 0.246 e. The van der Waals surface area contributed by atoms with E-state index in [0.717, 1.165) is 37.6 Å². The van der Waals surface area contributed by atoms with Gasteiger partial charge in [-0.05, 0) is 19.8 Å². The summed E-state index contributed by atoms with van der Waals surface area (Å²) in [5.74, 6) is 0.805. The lowest BCUT2D eigenvalue weighted by molar-refractivity contribution is -0.120. The van der Waals surface area contributed by atoms with Crippen molar-refractivity contribution < 1.29 is 9.90 Å². The number of carbonyl (C=O) groups is 1. The molecule has 1 saturated carbocycles. The van der Waals surface area contributed by atoms with Gasteiger partial charge in [0.2, 0.25) is 5.91 Å². The van der Waals surface area contributed by atoms with E-state index in [2.05, 4.69) is 15.4 Å². The summed E-state index contributed by atoms with van der Waals surface area (Å²) in [6.45, 7) is 5.20. The van der Waals surface area contributed by atoms with Crippen LogP contribution in [0.1, 0.15) is 19.8 Å². The Bertz CT molecular complexity index is 622. The number of carbonyl (C=O) groups excluding carboxylic acids is 1. The predicted octanol–water partition coefficient (Wildman–Crippen LogP) is -0.193. The van der Waals surface area contributed by atoms with Gasteiger partial charge in [0.15, 0.2) is 5.96 Å². The van der Waals surface area contributed by atoms with Gasteiger partial charge in [0.25, 0.3) is 0 Å². The van der Waals surface area contributed by atoms with E-state index in [1.54, 1.807) is 15.8 Å². The quantitative estimate of drug-likeness (QED) is 0.576. The Balaban J connectivity index is 1.65. The first-order chi connectivity index (χ1) is 11.6. The average Bonchev–Trinajstić information content (AvgIpc) is 3.24. The minimum absolute atomic E-state index is 0.0256. The maximum absolute atomic E-state index is 12.5. The number of aliphatic hydroxyl groups is 1. The zero-order valence-electron chi connectivity index (χ0n) is 14.4. The van der Waals surface area contributed by atoms with Crippen molar-refractivity contribution in [3.05, 3.63) is 12.4 Å². The van der Waals surface area contributed by atoms with Crippen LogP contribution < -0.4 is 10.2 Å². The van der Waals surface area contributed by atoms with Crippen molar-refractivity contribution in [3.8, 4) is 0 Å². The predicted molar refractivity (Wildman–Crippen MR) is 91.9 cm³/mol. The van der Waals surface area contributed by atoms with E-state index in [0.29, 0.717) is 19.6 Å². The van der Waals surface area contributed by atoms with Gasteiger partial charge >= 0.3 is 0 Å². The van der Waals surface area contributed by atoms with Gasteiger partial charge in [-0.2, -0.15) is 5.10 Å². The molecule has 0 bridgehead atoms. The summed E-state index contributed by atoms with van der Waals surface area (Å²) < 4.78 is 1.70. The van der Waals surface area contributed by atoms with Crippen LogP contribution in [0.3, 0.4) is 0 Å². The summed E-state index contributed by atoms with van der Waals surface area (Å²) in [5.41, 5.74) is 0.809. The molecular formula is C16H26N6O2.